The molecule has 2 unspecified atom stereocenters. The van der Waals surface area contributed by atoms with Gasteiger partial charge in [-0.05, 0) is 36.3 Å². The van der Waals surface area contributed by atoms with Crippen molar-refractivity contribution in [3.8, 4) is 0 Å². The highest BCUT2D eigenvalue weighted by Gasteiger charge is 2.35. The zero-order chi connectivity index (χ0) is 14.7. The van der Waals surface area contributed by atoms with Crippen LogP contribution in [-0.2, 0) is 11.3 Å². The van der Waals surface area contributed by atoms with Gasteiger partial charge in [-0.15, -0.1) is 0 Å². The summed E-state index contributed by atoms with van der Waals surface area (Å²) in [5.74, 6) is 1.88. The van der Waals surface area contributed by atoms with Crippen LogP contribution in [0.5, 0.6) is 0 Å². The molecule has 2 aliphatic rings. The van der Waals surface area contributed by atoms with Crippen LogP contribution in [0.25, 0.3) is 0 Å². The highest BCUT2D eigenvalue weighted by Crippen LogP contribution is 2.37. The Hall–Kier alpha value is -1.39. The largest absolute Gasteiger partial charge is 0.326 e. The second kappa shape index (κ2) is 6.58. The Balaban J connectivity index is 1.46. The summed E-state index contributed by atoms with van der Waals surface area (Å²) in [6, 6.07) is 7.74. The molecule has 2 fully saturated rings. The van der Waals surface area contributed by atoms with Gasteiger partial charge < -0.3 is 16.0 Å². The van der Waals surface area contributed by atoms with Crippen molar-refractivity contribution in [3.05, 3.63) is 29.8 Å². The molecule has 1 aliphatic heterocycles. The van der Waals surface area contributed by atoms with E-state index in [1.165, 1.54) is 32.4 Å². The second-order valence-electron chi connectivity index (χ2n) is 6.37. The minimum absolute atomic E-state index is 0.0907. The maximum atomic E-state index is 12.1. The molecule has 4 heteroatoms. The Morgan fingerprint density at radius 3 is 2.67 bits per heavy atom. The van der Waals surface area contributed by atoms with E-state index < -0.39 is 0 Å². The second-order valence-corrected chi connectivity index (χ2v) is 6.37. The fourth-order valence-corrected chi connectivity index (χ4v) is 3.81. The third kappa shape index (κ3) is 3.44. The topological polar surface area (TPSA) is 58.4 Å². The van der Waals surface area contributed by atoms with Crippen molar-refractivity contribution >= 4 is 11.6 Å². The van der Waals surface area contributed by atoms with Crippen LogP contribution in [0.3, 0.4) is 0 Å². The van der Waals surface area contributed by atoms with Crippen molar-refractivity contribution < 1.29 is 4.79 Å². The van der Waals surface area contributed by atoms with Crippen molar-refractivity contribution in [1.29, 1.82) is 0 Å². The first-order valence-electron chi connectivity index (χ1n) is 8.06. The van der Waals surface area contributed by atoms with E-state index in [-0.39, 0.29) is 5.91 Å². The van der Waals surface area contributed by atoms with Gasteiger partial charge in [-0.1, -0.05) is 24.6 Å². The molecule has 0 spiro atoms. The summed E-state index contributed by atoms with van der Waals surface area (Å²) in [5, 5.41) is 2.99. The van der Waals surface area contributed by atoms with E-state index >= 15 is 0 Å². The third-order valence-electron chi connectivity index (χ3n) is 4.97. The van der Waals surface area contributed by atoms with E-state index in [2.05, 4.69) is 10.2 Å². The Morgan fingerprint density at radius 2 is 1.95 bits per heavy atom. The van der Waals surface area contributed by atoms with Crippen LogP contribution in [0.2, 0.25) is 0 Å². The molecule has 1 saturated heterocycles. The molecule has 1 aromatic rings. The lowest BCUT2D eigenvalue weighted by atomic mass is 10.0. The molecule has 4 nitrogen and oxygen atoms in total. The lowest BCUT2D eigenvalue weighted by Gasteiger charge is -2.16. The minimum Gasteiger partial charge on any atom is -0.326 e. The minimum atomic E-state index is 0.0907. The number of nitrogens with two attached hydrogens (primary N) is 1. The maximum absolute atomic E-state index is 12.1. The van der Waals surface area contributed by atoms with Gasteiger partial charge in [0.05, 0.1) is 0 Å². The normalized spacial score (nSPS) is 25.0. The SMILES string of the molecule is NCc1ccccc1NC(=O)CCN1CC2CCCC2C1. The van der Waals surface area contributed by atoms with E-state index in [0.29, 0.717) is 13.0 Å². The Bertz CT molecular complexity index is 491. The van der Waals surface area contributed by atoms with Gasteiger partial charge in [0.1, 0.15) is 0 Å². The van der Waals surface area contributed by atoms with E-state index in [4.69, 9.17) is 5.73 Å². The van der Waals surface area contributed by atoms with Crippen LogP contribution in [0, 0.1) is 11.8 Å². The van der Waals surface area contributed by atoms with Gasteiger partial charge in [0.15, 0.2) is 0 Å². The standard InChI is InChI=1S/C17H25N3O/c18-10-13-4-1-2-7-16(13)19-17(21)8-9-20-11-14-5-3-6-15(14)12-20/h1-2,4,7,14-15H,3,5-6,8-12,18H2,(H,19,21). The molecular weight excluding hydrogens is 262 g/mol. The predicted molar refractivity (Wildman–Crippen MR) is 84.9 cm³/mol. The van der Waals surface area contributed by atoms with Crippen molar-refractivity contribution in [3.63, 3.8) is 0 Å². The molecule has 3 rings (SSSR count). The molecule has 1 heterocycles. The van der Waals surface area contributed by atoms with Crippen LogP contribution in [0.1, 0.15) is 31.2 Å². The first kappa shape index (κ1) is 14.5. The van der Waals surface area contributed by atoms with E-state index in [1.54, 1.807) is 0 Å². The summed E-state index contributed by atoms with van der Waals surface area (Å²) in [6.45, 7) is 3.71. The average Bonchev–Trinajstić information content (AvgIpc) is 3.07. The predicted octanol–water partition coefficient (Wildman–Crippen LogP) is 2.21. The summed E-state index contributed by atoms with van der Waals surface area (Å²) in [6.07, 6.45) is 4.74. The highest BCUT2D eigenvalue weighted by atomic mass is 16.1. The van der Waals surface area contributed by atoms with Crippen molar-refractivity contribution in [2.45, 2.75) is 32.2 Å². The first-order valence-corrected chi connectivity index (χ1v) is 8.06. The van der Waals surface area contributed by atoms with Gasteiger partial charge in [0, 0.05) is 38.3 Å². The number of rotatable bonds is 5. The zero-order valence-electron chi connectivity index (χ0n) is 12.6. The van der Waals surface area contributed by atoms with Gasteiger partial charge in [-0.25, -0.2) is 0 Å². The van der Waals surface area contributed by atoms with Gasteiger partial charge >= 0.3 is 0 Å². The molecule has 0 bridgehead atoms. The molecule has 1 saturated carbocycles. The van der Waals surface area contributed by atoms with Crippen molar-refractivity contribution in [2.75, 3.05) is 25.0 Å². The molecule has 114 valence electrons. The number of hydrogen-bond donors (Lipinski definition) is 2. The van der Waals surface area contributed by atoms with Crippen LogP contribution >= 0.6 is 0 Å². The molecule has 1 amide bonds. The first-order chi connectivity index (χ1) is 10.3. The Labute approximate surface area is 126 Å². The van der Waals surface area contributed by atoms with Crippen LogP contribution in [-0.4, -0.2) is 30.4 Å². The van der Waals surface area contributed by atoms with E-state index in [1.807, 2.05) is 24.3 Å². The molecule has 0 aromatic heterocycles. The number of carbonyl (C=O) groups excluding carboxylic acids is 1. The van der Waals surface area contributed by atoms with Crippen LogP contribution in [0.4, 0.5) is 5.69 Å². The number of amides is 1. The molecule has 2 atom stereocenters. The van der Waals surface area contributed by atoms with E-state index in [0.717, 1.165) is 29.6 Å². The van der Waals surface area contributed by atoms with Gasteiger partial charge in [0.25, 0.3) is 0 Å². The van der Waals surface area contributed by atoms with E-state index in [9.17, 15) is 4.79 Å². The fraction of sp³-hybridized carbons (Fsp3) is 0.588. The average molecular weight is 287 g/mol. The summed E-state index contributed by atoms with van der Waals surface area (Å²) in [7, 11) is 0. The molecule has 1 aromatic carbocycles. The summed E-state index contributed by atoms with van der Waals surface area (Å²) >= 11 is 0. The number of nitrogens with zero attached hydrogens (tertiary/aromatic N) is 1. The smallest absolute Gasteiger partial charge is 0.225 e. The lowest BCUT2D eigenvalue weighted by Crippen LogP contribution is -2.27. The Morgan fingerprint density at radius 1 is 1.24 bits per heavy atom. The van der Waals surface area contributed by atoms with Crippen molar-refractivity contribution in [2.24, 2.45) is 17.6 Å². The Kier molecular flexibility index (Phi) is 4.56. The fourth-order valence-electron chi connectivity index (χ4n) is 3.81. The number of fused-ring (bicyclic) bond motifs is 1. The monoisotopic (exact) mass is 287 g/mol. The molecule has 3 N–H and O–H groups in total. The molecule has 21 heavy (non-hydrogen) atoms. The number of carbonyl (C=O) groups is 1. The van der Waals surface area contributed by atoms with Crippen molar-refractivity contribution in [1.82, 2.24) is 4.90 Å². The summed E-state index contributed by atoms with van der Waals surface area (Å²) in [5.41, 5.74) is 7.53. The number of para-hydroxylation sites is 1. The van der Waals surface area contributed by atoms with Gasteiger partial charge in [-0.2, -0.15) is 0 Å². The van der Waals surface area contributed by atoms with Crippen LogP contribution in [0.15, 0.2) is 24.3 Å². The highest BCUT2D eigenvalue weighted by molar-refractivity contribution is 5.91. The molecule has 0 radical (unpaired) electrons. The summed E-state index contributed by atoms with van der Waals surface area (Å²) < 4.78 is 0. The van der Waals surface area contributed by atoms with Crippen LogP contribution < -0.4 is 11.1 Å². The van der Waals surface area contributed by atoms with Gasteiger partial charge in [-0.3, -0.25) is 4.79 Å². The quantitative estimate of drug-likeness (QED) is 0.873. The van der Waals surface area contributed by atoms with Gasteiger partial charge in [0.2, 0.25) is 5.91 Å². The lowest BCUT2D eigenvalue weighted by molar-refractivity contribution is -0.116. The number of anilines is 1. The molecular formula is C17H25N3O. The number of nitrogens with one attached hydrogen (secondary N) is 1. The zero-order valence-corrected chi connectivity index (χ0v) is 12.6. The third-order valence-corrected chi connectivity index (χ3v) is 4.97. The number of likely N-dealkylation sites (tertiary alicyclic amines) is 1. The molecule has 1 aliphatic carbocycles. The maximum Gasteiger partial charge on any atom is 0.225 e. The number of benzene rings is 1. The number of hydrogen-bond acceptors (Lipinski definition) is 3. The summed E-state index contributed by atoms with van der Waals surface area (Å²) in [4.78, 5) is 14.6.